The lowest BCUT2D eigenvalue weighted by atomic mass is 10.2. The van der Waals surface area contributed by atoms with Gasteiger partial charge >= 0.3 is 11.9 Å². The molecule has 1 rings (SSSR count). The lowest BCUT2D eigenvalue weighted by molar-refractivity contribution is -0.149. The molecule has 4 N–H and O–H groups in total. The van der Waals surface area contributed by atoms with Crippen LogP contribution in [0.5, 0.6) is 0 Å². The van der Waals surface area contributed by atoms with E-state index in [2.05, 4.69) is 5.32 Å². The summed E-state index contributed by atoms with van der Waals surface area (Å²) >= 11 is 0. The molecule has 0 unspecified atom stereocenters. The molecule has 0 aromatic heterocycles. The van der Waals surface area contributed by atoms with Gasteiger partial charge in [-0.3, -0.25) is 9.59 Å². The Morgan fingerprint density at radius 2 is 2.36 bits per heavy atom. The maximum absolute atomic E-state index is 11.2. The molecule has 0 radical (unpaired) electrons. The SMILES string of the molecule is N[C@@H](COC(=O)[C@@H]1CCCN1)C(=O)O. The second-order valence-electron chi connectivity index (χ2n) is 3.22. The first-order valence-corrected chi connectivity index (χ1v) is 4.49. The minimum absolute atomic E-state index is 0.271. The number of aliphatic carboxylic acids is 1. The Morgan fingerprint density at radius 1 is 1.64 bits per heavy atom. The van der Waals surface area contributed by atoms with Crippen molar-refractivity contribution >= 4 is 11.9 Å². The summed E-state index contributed by atoms with van der Waals surface area (Å²) in [7, 11) is 0. The van der Waals surface area contributed by atoms with E-state index in [-0.39, 0.29) is 12.6 Å². The Bertz CT molecular complexity index is 225. The lowest BCUT2D eigenvalue weighted by Crippen LogP contribution is -2.39. The third-order valence-corrected chi connectivity index (χ3v) is 2.07. The van der Waals surface area contributed by atoms with Crippen LogP contribution in [0.25, 0.3) is 0 Å². The lowest BCUT2D eigenvalue weighted by Gasteiger charge is -2.11. The van der Waals surface area contributed by atoms with Crippen molar-refractivity contribution in [3.8, 4) is 0 Å². The van der Waals surface area contributed by atoms with Crippen molar-refractivity contribution < 1.29 is 19.4 Å². The maximum atomic E-state index is 11.2. The number of esters is 1. The number of carboxylic acids is 1. The number of hydrogen-bond acceptors (Lipinski definition) is 5. The highest BCUT2D eigenvalue weighted by molar-refractivity contribution is 5.77. The third kappa shape index (κ3) is 2.97. The summed E-state index contributed by atoms with van der Waals surface area (Å²) in [6, 6.07) is -1.43. The van der Waals surface area contributed by atoms with Gasteiger partial charge in [-0.05, 0) is 19.4 Å². The van der Waals surface area contributed by atoms with Crippen molar-refractivity contribution in [3.63, 3.8) is 0 Å². The normalized spacial score (nSPS) is 23.1. The van der Waals surface area contributed by atoms with E-state index < -0.39 is 18.0 Å². The van der Waals surface area contributed by atoms with Crippen LogP contribution in [0.15, 0.2) is 0 Å². The Labute approximate surface area is 81.4 Å². The van der Waals surface area contributed by atoms with Gasteiger partial charge in [-0.2, -0.15) is 0 Å². The van der Waals surface area contributed by atoms with E-state index >= 15 is 0 Å². The molecule has 2 atom stereocenters. The molecule has 0 aromatic rings. The minimum Gasteiger partial charge on any atom is -0.480 e. The summed E-state index contributed by atoms with van der Waals surface area (Å²) in [5.41, 5.74) is 5.17. The molecule has 80 valence electrons. The number of carbonyl (C=O) groups is 2. The van der Waals surface area contributed by atoms with Crippen molar-refractivity contribution in [1.82, 2.24) is 5.32 Å². The summed E-state index contributed by atoms with van der Waals surface area (Å²) in [6.07, 6.45) is 1.67. The van der Waals surface area contributed by atoms with E-state index in [0.717, 1.165) is 19.4 Å². The first-order chi connectivity index (χ1) is 6.61. The van der Waals surface area contributed by atoms with Crippen LogP contribution in [0.4, 0.5) is 0 Å². The van der Waals surface area contributed by atoms with Gasteiger partial charge in [0.15, 0.2) is 0 Å². The smallest absolute Gasteiger partial charge is 0.324 e. The van der Waals surface area contributed by atoms with Gasteiger partial charge in [-0.15, -0.1) is 0 Å². The molecule has 0 saturated carbocycles. The van der Waals surface area contributed by atoms with E-state index in [1.165, 1.54) is 0 Å². The molecular weight excluding hydrogens is 188 g/mol. The fourth-order valence-corrected chi connectivity index (χ4v) is 1.23. The van der Waals surface area contributed by atoms with E-state index in [1.807, 2.05) is 0 Å². The van der Waals surface area contributed by atoms with E-state index in [1.54, 1.807) is 0 Å². The first kappa shape index (κ1) is 10.9. The van der Waals surface area contributed by atoms with Crippen LogP contribution >= 0.6 is 0 Å². The summed E-state index contributed by atoms with van der Waals surface area (Å²) < 4.78 is 4.74. The fraction of sp³-hybridized carbons (Fsp3) is 0.750. The molecule has 1 saturated heterocycles. The molecule has 1 heterocycles. The molecule has 0 aromatic carbocycles. The van der Waals surface area contributed by atoms with Crippen LogP contribution in [0, 0.1) is 0 Å². The Morgan fingerprint density at radius 3 is 2.86 bits per heavy atom. The predicted octanol–water partition coefficient (Wildman–Crippen LogP) is -1.31. The van der Waals surface area contributed by atoms with Gasteiger partial charge in [0.2, 0.25) is 0 Å². The molecular formula is C8H14N2O4. The zero-order valence-corrected chi connectivity index (χ0v) is 7.73. The Kier molecular flexibility index (Phi) is 3.84. The van der Waals surface area contributed by atoms with Gasteiger partial charge in [-0.25, -0.2) is 0 Å². The highest BCUT2D eigenvalue weighted by Crippen LogP contribution is 2.06. The van der Waals surface area contributed by atoms with Crippen molar-refractivity contribution in [3.05, 3.63) is 0 Å². The number of nitrogens with one attached hydrogen (secondary N) is 1. The second kappa shape index (κ2) is 4.92. The van der Waals surface area contributed by atoms with Gasteiger partial charge in [0, 0.05) is 0 Å². The minimum atomic E-state index is -1.17. The third-order valence-electron chi connectivity index (χ3n) is 2.07. The fourth-order valence-electron chi connectivity index (χ4n) is 1.23. The molecule has 0 aliphatic carbocycles. The van der Waals surface area contributed by atoms with Gasteiger partial charge in [0.25, 0.3) is 0 Å². The second-order valence-corrected chi connectivity index (χ2v) is 3.22. The van der Waals surface area contributed by atoms with Crippen molar-refractivity contribution in [2.75, 3.05) is 13.2 Å². The standard InChI is InChI=1S/C8H14N2O4/c9-5(7(11)12)4-14-8(13)6-2-1-3-10-6/h5-6,10H,1-4,9H2,(H,11,12)/t5-,6-/m0/s1. The number of hydrogen-bond donors (Lipinski definition) is 3. The molecule has 0 amide bonds. The Balaban J connectivity index is 2.23. The zero-order chi connectivity index (χ0) is 10.6. The average molecular weight is 202 g/mol. The number of ether oxygens (including phenoxy) is 1. The molecule has 14 heavy (non-hydrogen) atoms. The monoisotopic (exact) mass is 202 g/mol. The number of nitrogens with two attached hydrogens (primary N) is 1. The number of carboxylic acid groups (broad SMARTS) is 1. The predicted molar refractivity (Wildman–Crippen MR) is 47.6 cm³/mol. The number of carbonyl (C=O) groups excluding carboxylic acids is 1. The molecule has 1 fully saturated rings. The van der Waals surface area contributed by atoms with E-state index in [9.17, 15) is 9.59 Å². The van der Waals surface area contributed by atoms with Crippen LogP contribution in [0.3, 0.4) is 0 Å². The summed E-state index contributed by atoms with van der Waals surface area (Å²) in [6.45, 7) is 0.525. The molecule has 1 aliphatic rings. The first-order valence-electron chi connectivity index (χ1n) is 4.49. The van der Waals surface area contributed by atoms with Crippen LogP contribution < -0.4 is 11.1 Å². The maximum Gasteiger partial charge on any atom is 0.324 e. The summed E-state index contributed by atoms with van der Waals surface area (Å²) in [5.74, 6) is -1.59. The summed E-state index contributed by atoms with van der Waals surface area (Å²) in [4.78, 5) is 21.5. The quantitative estimate of drug-likeness (QED) is 0.489. The molecule has 0 spiro atoms. The van der Waals surface area contributed by atoms with Crippen molar-refractivity contribution in [1.29, 1.82) is 0 Å². The van der Waals surface area contributed by atoms with Crippen molar-refractivity contribution in [2.45, 2.75) is 24.9 Å². The Hall–Kier alpha value is -1.14. The van der Waals surface area contributed by atoms with E-state index in [4.69, 9.17) is 15.6 Å². The van der Waals surface area contributed by atoms with Crippen LogP contribution in [0.1, 0.15) is 12.8 Å². The molecule has 6 nitrogen and oxygen atoms in total. The molecule has 0 bridgehead atoms. The highest BCUT2D eigenvalue weighted by Gasteiger charge is 2.24. The molecule has 6 heteroatoms. The number of rotatable bonds is 4. The van der Waals surface area contributed by atoms with Crippen LogP contribution in [-0.2, 0) is 14.3 Å². The average Bonchev–Trinajstić information content (AvgIpc) is 2.66. The molecule has 1 aliphatic heterocycles. The van der Waals surface area contributed by atoms with Gasteiger partial charge < -0.3 is 20.9 Å². The zero-order valence-electron chi connectivity index (χ0n) is 7.73. The van der Waals surface area contributed by atoms with Gasteiger partial charge in [0.05, 0.1) is 0 Å². The van der Waals surface area contributed by atoms with E-state index in [0.29, 0.717) is 0 Å². The van der Waals surface area contributed by atoms with Crippen LogP contribution in [0.2, 0.25) is 0 Å². The summed E-state index contributed by atoms with van der Waals surface area (Å²) in [5, 5.41) is 11.4. The largest absolute Gasteiger partial charge is 0.480 e. The van der Waals surface area contributed by atoms with Gasteiger partial charge in [-0.1, -0.05) is 0 Å². The van der Waals surface area contributed by atoms with Gasteiger partial charge in [0.1, 0.15) is 18.7 Å². The van der Waals surface area contributed by atoms with Crippen molar-refractivity contribution in [2.24, 2.45) is 5.73 Å². The highest BCUT2D eigenvalue weighted by atomic mass is 16.5. The van der Waals surface area contributed by atoms with Crippen LogP contribution in [-0.4, -0.2) is 42.3 Å². The topological polar surface area (TPSA) is 102 Å².